The van der Waals surface area contributed by atoms with Crippen molar-refractivity contribution < 1.29 is 0 Å². The zero-order chi connectivity index (χ0) is 10.3. The molecule has 15 heavy (non-hydrogen) atoms. The Morgan fingerprint density at radius 2 is 1.53 bits per heavy atom. The number of hydrogen-bond acceptors (Lipinski definition) is 2. The van der Waals surface area contributed by atoms with E-state index in [2.05, 4.69) is 0 Å². The van der Waals surface area contributed by atoms with Gasteiger partial charge in [0.1, 0.15) is 0 Å². The van der Waals surface area contributed by atoms with Crippen molar-refractivity contribution in [3.8, 4) is 0 Å². The molecule has 2 nitrogen and oxygen atoms in total. The third-order valence-corrected chi connectivity index (χ3v) is 6.33. The maximum absolute atomic E-state index is 6.67. The Morgan fingerprint density at radius 1 is 0.867 bits per heavy atom. The maximum Gasteiger partial charge on any atom is 0.0408 e. The maximum atomic E-state index is 6.67. The van der Waals surface area contributed by atoms with Crippen LogP contribution in [0.2, 0.25) is 0 Å². The summed E-state index contributed by atoms with van der Waals surface area (Å²) in [5, 5.41) is 0. The lowest BCUT2D eigenvalue weighted by molar-refractivity contribution is 0.364. The molecule has 4 aliphatic rings. The molecule has 0 heterocycles. The molecule has 0 aliphatic heterocycles. The predicted octanol–water partition coefficient (Wildman–Crippen LogP) is 1.63. The molecule has 4 saturated carbocycles. The fourth-order valence-corrected chi connectivity index (χ4v) is 5.82. The molecule has 0 aromatic carbocycles. The van der Waals surface area contributed by atoms with Gasteiger partial charge in [-0.15, -0.1) is 0 Å². The van der Waals surface area contributed by atoms with E-state index in [0.29, 0.717) is 11.5 Å². The first-order valence-electron chi connectivity index (χ1n) is 6.78. The van der Waals surface area contributed by atoms with E-state index in [1.165, 1.54) is 44.9 Å². The van der Waals surface area contributed by atoms with E-state index < -0.39 is 0 Å². The second kappa shape index (κ2) is 2.43. The van der Waals surface area contributed by atoms with Crippen LogP contribution in [0.5, 0.6) is 0 Å². The standard InChI is InChI=1S/C13H22N2/c14-11-7-3-6-10-12(13(10,11)15)8-4-1-2-5-9(8)12/h8-11H,1-7,14-15H2. The van der Waals surface area contributed by atoms with E-state index in [9.17, 15) is 0 Å². The minimum Gasteiger partial charge on any atom is -0.326 e. The monoisotopic (exact) mass is 206 g/mol. The largest absolute Gasteiger partial charge is 0.326 e. The topological polar surface area (TPSA) is 52.0 Å². The van der Waals surface area contributed by atoms with Crippen molar-refractivity contribution in [2.45, 2.75) is 56.5 Å². The van der Waals surface area contributed by atoms with E-state index in [0.717, 1.165) is 17.8 Å². The zero-order valence-corrected chi connectivity index (χ0v) is 9.41. The van der Waals surface area contributed by atoms with Crippen LogP contribution in [-0.2, 0) is 0 Å². The predicted molar refractivity (Wildman–Crippen MR) is 60.1 cm³/mol. The van der Waals surface area contributed by atoms with Crippen LogP contribution >= 0.6 is 0 Å². The molecule has 1 spiro atoms. The van der Waals surface area contributed by atoms with E-state index in [4.69, 9.17) is 11.5 Å². The molecule has 0 aromatic rings. The molecule has 0 amide bonds. The SMILES string of the molecule is NC1CCCC2C1(N)C21C2CCCCC21. The van der Waals surface area contributed by atoms with Gasteiger partial charge in [0.05, 0.1) is 0 Å². The summed E-state index contributed by atoms with van der Waals surface area (Å²) in [6.45, 7) is 0. The Hall–Kier alpha value is -0.0800. The first-order chi connectivity index (χ1) is 7.24. The zero-order valence-electron chi connectivity index (χ0n) is 9.41. The average Bonchev–Trinajstić information content (AvgIpc) is 3.07. The van der Waals surface area contributed by atoms with E-state index in [1.807, 2.05) is 0 Å². The Morgan fingerprint density at radius 3 is 2.13 bits per heavy atom. The Kier molecular flexibility index (Phi) is 1.46. The summed E-state index contributed by atoms with van der Waals surface area (Å²) < 4.78 is 0. The fraction of sp³-hybridized carbons (Fsp3) is 1.00. The first kappa shape index (κ1) is 9.00. The molecule has 4 rings (SSSR count). The third kappa shape index (κ3) is 0.734. The molecule has 4 N–H and O–H groups in total. The molecule has 84 valence electrons. The van der Waals surface area contributed by atoms with Gasteiger partial charge in [-0.1, -0.05) is 19.3 Å². The van der Waals surface area contributed by atoms with E-state index >= 15 is 0 Å². The number of fused-ring (bicyclic) bond motifs is 6. The highest BCUT2D eigenvalue weighted by atomic mass is 15.1. The lowest BCUT2D eigenvalue weighted by Gasteiger charge is -2.25. The Labute approximate surface area is 91.8 Å². The van der Waals surface area contributed by atoms with Crippen molar-refractivity contribution in [3.05, 3.63) is 0 Å². The van der Waals surface area contributed by atoms with Crippen LogP contribution in [0, 0.1) is 23.2 Å². The summed E-state index contributed by atoms with van der Waals surface area (Å²) in [4.78, 5) is 0. The molecule has 2 heteroatoms. The van der Waals surface area contributed by atoms with Gasteiger partial charge in [-0.05, 0) is 43.4 Å². The Balaban J connectivity index is 1.70. The van der Waals surface area contributed by atoms with Gasteiger partial charge in [0.2, 0.25) is 0 Å². The van der Waals surface area contributed by atoms with Crippen LogP contribution in [0.1, 0.15) is 44.9 Å². The molecular weight excluding hydrogens is 184 g/mol. The molecule has 0 aromatic heterocycles. The van der Waals surface area contributed by atoms with Crippen LogP contribution in [0.4, 0.5) is 0 Å². The van der Waals surface area contributed by atoms with Gasteiger partial charge in [-0.25, -0.2) is 0 Å². The highest BCUT2D eigenvalue weighted by molar-refractivity contribution is 5.43. The van der Waals surface area contributed by atoms with Crippen LogP contribution < -0.4 is 11.5 Å². The van der Waals surface area contributed by atoms with Crippen molar-refractivity contribution in [2.24, 2.45) is 34.6 Å². The van der Waals surface area contributed by atoms with Gasteiger partial charge >= 0.3 is 0 Å². The quantitative estimate of drug-likeness (QED) is 0.633. The smallest absolute Gasteiger partial charge is 0.0408 e. The van der Waals surface area contributed by atoms with Gasteiger partial charge in [0.25, 0.3) is 0 Å². The van der Waals surface area contributed by atoms with Gasteiger partial charge in [0, 0.05) is 17.0 Å². The molecule has 5 unspecified atom stereocenters. The summed E-state index contributed by atoms with van der Waals surface area (Å²) >= 11 is 0. The van der Waals surface area contributed by atoms with Gasteiger partial charge in [-0.3, -0.25) is 0 Å². The van der Waals surface area contributed by atoms with Crippen molar-refractivity contribution in [1.82, 2.24) is 0 Å². The summed E-state index contributed by atoms with van der Waals surface area (Å²) in [5.74, 6) is 2.76. The Bertz CT molecular complexity index is 302. The minimum absolute atomic E-state index is 0.0743. The summed E-state index contributed by atoms with van der Waals surface area (Å²) in [5.41, 5.74) is 13.6. The normalized spacial score (nSPS) is 66.0. The second-order valence-corrected chi connectivity index (χ2v) is 6.45. The molecule has 0 radical (unpaired) electrons. The van der Waals surface area contributed by atoms with Crippen molar-refractivity contribution in [2.75, 3.05) is 0 Å². The van der Waals surface area contributed by atoms with Crippen LogP contribution in [0.25, 0.3) is 0 Å². The fourth-order valence-electron chi connectivity index (χ4n) is 5.82. The highest BCUT2D eigenvalue weighted by Crippen LogP contribution is 2.88. The lowest BCUT2D eigenvalue weighted by Crippen LogP contribution is -2.49. The average molecular weight is 206 g/mol. The van der Waals surface area contributed by atoms with Crippen LogP contribution in [-0.4, -0.2) is 11.6 Å². The van der Waals surface area contributed by atoms with Gasteiger partial charge in [-0.2, -0.15) is 0 Å². The summed E-state index contributed by atoms with van der Waals surface area (Å²) in [7, 11) is 0. The van der Waals surface area contributed by atoms with E-state index in [-0.39, 0.29) is 5.54 Å². The lowest BCUT2D eigenvalue weighted by atomic mass is 9.91. The molecule has 4 fully saturated rings. The van der Waals surface area contributed by atoms with Crippen molar-refractivity contribution in [1.29, 1.82) is 0 Å². The summed E-state index contributed by atoms with van der Waals surface area (Å²) in [6.07, 6.45) is 9.67. The van der Waals surface area contributed by atoms with E-state index in [1.54, 1.807) is 0 Å². The van der Waals surface area contributed by atoms with Gasteiger partial charge < -0.3 is 11.5 Å². The highest BCUT2D eigenvalue weighted by Gasteiger charge is 2.90. The summed E-state index contributed by atoms with van der Waals surface area (Å²) in [6, 6.07) is 0.307. The molecule has 5 atom stereocenters. The van der Waals surface area contributed by atoms with Crippen molar-refractivity contribution in [3.63, 3.8) is 0 Å². The second-order valence-electron chi connectivity index (χ2n) is 6.45. The molecule has 0 bridgehead atoms. The van der Waals surface area contributed by atoms with Crippen LogP contribution in [0.3, 0.4) is 0 Å². The number of rotatable bonds is 0. The number of nitrogens with two attached hydrogens (primary N) is 2. The number of hydrogen-bond donors (Lipinski definition) is 2. The van der Waals surface area contributed by atoms with Crippen LogP contribution in [0.15, 0.2) is 0 Å². The molecular formula is C13H22N2. The molecule has 4 aliphatic carbocycles. The van der Waals surface area contributed by atoms with Crippen molar-refractivity contribution >= 4 is 0 Å². The molecule has 0 saturated heterocycles. The minimum atomic E-state index is 0.0743. The van der Waals surface area contributed by atoms with Gasteiger partial charge in [0.15, 0.2) is 0 Å². The first-order valence-corrected chi connectivity index (χ1v) is 6.78. The third-order valence-electron chi connectivity index (χ3n) is 6.33.